The van der Waals surface area contributed by atoms with Gasteiger partial charge in [-0.25, -0.2) is 0 Å². The van der Waals surface area contributed by atoms with Gasteiger partial charge in [0, 0.05) is 35.6 Å². The summed E-state index contributed by atoms with van der Waals surface area (Å²) in [4.78, 5) is 0. The molecular formula is HLaNaOZr. The normalized spacial score (nSPS) is 0.750. The molecule has 0 bridgehead atoms. The average molecular weight is 270 g/mol. The van der Waals surface area contributed by atoms with Gasteiger partial charge >= 0.3 is 57.1 Å². The number of rotatable bonds is 0. The zero-order valence-corrected chi connectivity index (χ0v) is 10.6. The van der Waals surface area contributed by atoms with Gasteiger partial charge in [0.25, 0.3) is 0 Å². The van der Waals surface area contributed by atoms with Gasteiger partial charge in [0.15, 0.2) is 0 Å². The first-order chi connectivity index (χ1) is 1.00. The van der Waals surface area contributed by atoms with Crippen molar-refractivity contribution in [2.24, 2.45) is 0 Å². The fraction of sp³-hybridized carbons (Fsp3) is 0. The standard InChI is InChI=1S/La.Na.O.Zr.H/q;+1;;;-1. The summed E-state index contributed by atoms with van der Waals surface area (Å²) in [7, 11) is 0. The van der Waals surface area contributed by atoms with Gasteiger partial charge in [0.05, 0.1) is 0 Å². The molecule has 1 nitrogen and oxygen atoms in total. The Balaban J connectivity index is -0.00000000167. The third-order valence-electron chi connectivity index (χ3n) is 0. The van der Waals surface area contributed by atoms with E-state index in [1.165, 1.54) is 0 Å². The summed E-state index contributed by atoms with van der Waals surface area (Å²) in [5, 5.41) is 0. The molecule has 0 rings (SSSR count). The molecule has 0 spiro atoms. The van der Waals surface area contributed by atoms with Crippen LogP contribution in [0.15, 0.2) is 0 Å². The Bertz CT molecular complexity index is 11.6. The second-order valence-corrected chi connectivity index (χ2v) is 0. The summed E-state index contributed by atoms with van der Waals surface area (Å²) in [6, 6.07) is 0. The summed E-state index contributed by atoms with van der Waals surface area (Å²) >= 11 is 0.300. The Morgan fingerprint density at radius 3 is 1.50 bits per heavy atom. The minimum atomic E-state index is 0. The molecule has 0 aromatic carbocycles. The van der Waals surface area contributed by atoms with Gasteiger partial charge in [-0.1, -0.05) is 0 Å². The SMILES string of the molecule is [H-].[La].[Na+].[O]=[Zr]. The molecule has 1 radical (unpaired) electrons. The van der Waals surface area contributed by atoms with E-state index in [9.17, 15) is 0 Å². The van der Waals surface area contributed by atoms with Crippen molar-refractivity contribution in [2.75, 3.05) is 0 Å². The molecule has 0 aromatic heterocycles. The first kappa shape index (κ1) is 15.8. The summed E-state index contributed by atoms with van der Waals surface area (Å²) < 4.78 is 8.34. The van der Waals surface area contributed by atoms with Crippen LogP contribution in [-0.4, -0.2) is 0 Å². The van der Waals surface area contributed by atoms with Crippen LogP contribution >= 0.6 is 0 Å². The fourth-order valence-electron chi connectivity index (χ4n) is 0. The van der Waals surface area contributed by atoms with Crippen LogP contribution in [0.25, 0.3) is 0 Å². The molecular weight excluding hydrogens is 269 g/mol. The third-order valence-corrected chi connectivity index (χ3v) is 0. The van der Waals surface area contributed by atoms with Gasteiger partial charge < -0.3 is 1.43 Å². The Morgan fingerprint density at radius 1 is 1.50 bits per heavy atom. The Kier molecular flexibility index (Phi) is 66.7. The van der Waals surface area contributed by atoms with Gasteiger partial charge in [0.2, 0.25) is 0 Å². The summed E-state index contributed by atoms with van der Waals surface area (Å²) in [5.74, 6) is 0. The van der Waals surface area contributed by atoms with Gasteiger partial charge in [-0.05, 0) is 0 Å². The quantitative estimate of drug-likeness (QED) is 0.429. The summed E-state index contributed by atoms with van der Waals surface area (Å²) in [6.07, 6.45) is 0. The van der Waals surface area contributed by atoms with E-state index in [0.717, 1.165) is 0 Å². The van der Waals surface area contributed by atoms with Crippen LogP contribution in [0.4, 0.5) is 0 Å². The summed E-state index contributed by atoms with van der Waals surface area (Å²) in [6.45, 7) is 0. The van der Waals surface area contributed by atoms with Crippen molar-refractivity contribution < 1.29 is 94.1 Å². The van der Waals surface area contributed by atoms with Gasteiger partial charge in [-0.2, -0.15) is 0 Å². The molecule has 0 fully saturated rings. The minimum absolute atomic E-state index is 0. The number of hydrogen-bond acceptors (Lipinski definition) is 1. The molecule has 0 aromatic rings. The van der Waals surface area contributed by atoms with Crippen molar-refractivity contribution >= 4 is 0 Å². The molecule has 0 aliphatic rings. The molecule has 0 unspecified atom stereocenters. The first-order valence-corrected chi connectivity index (χ1v) is 1.21. The van der Waals surface area contributed by atoms with Gasteiger partial charge in [-0.15, -0.1) is 0 Å². The topological polar surface area (TPSA) is 17.1 Å². The fourth-order valence-corrected chi connectivity index (χ4v) is 0. The van der Waals surface area contributed by atoms with Crippen LogP contribution in [0.2, 0.25) is 0 Å². The third kappa shape index (κ3) is 8.86. The van der Waals surface area contributed by atoms with Crippen molar-refractivity contribution in [1.29, 1.82) is 0 Å². The van der Waals surface area contributed by atoms with Crippen LogP contribution in [-0.2, 0) is 27.5 Å². The maximum atomic E-state index is 8.34. The van der Waals surface area contributed by atoms with Crippen LogP contribution in [0.1, 0.15) is 1.43 Å². The van der Waals surface area contributed by atoms with Crippen LogP contribution in [0.5, 0.6) is 0 Å². The maximum absolute atomic E-state index is 8.34. The first-order valence-electron chi connectivity index (χ1n) is 0.204. The van der Waals surface area contributed by atoms with Crippen molar-refractivity contribution in [3.05, 3.63) is 0 Å². The Hall–Kier alpha value is 2.88. The molecule has 0 amide bonds. The molecule has 0 atom stereocenters. The monoisotopic (exact) mass is 269 g/mol. The molecule has 0 saturated carbocycles. The second kappa shape index (κ2) is 16.9. The molecule has 0 N–H and O–H groups in total. The Labute approximate surface area is 92.0 Å². The molecule has 15 valence electrons. The van der Waals surface area contributed by atoms with Crippen molar-refractivity contribution in [2.45, 2.75) is 0 Å². The molecule has 0 aliphatic heterocycles. The van der Waals surface area contributed by atoms with E-state index in [4.69, 9.17) is 2.81 Å². The van der Waals surface area contributed by atoms with Crippen LogP contribution in [0, 0.1) is 35.6 Å². The molecule has 0 heterocycles. The van der Waals surface area contributed by atoms with Crippen molar-refractivity contribution in [3.8, 4) is 0 Å². The molecule has 4 heteroatoms. The zero-order chi connectivity index (χ0) is 2.00. The van der Waals surface area contributed by atoms with E-state index in [1.807, 2.05) is 0 Å². The van der Waals surface area contributed by atoms with Gasteiger partial charge in [-0.3, -0.25) is 0 Å². The number of hydrogen-bond donors (Lipinski definition) is 0. The zero-order valence-electron chi connectivity index (χ0n) is 3.49. The van der Waals surface area contributed by atoms with Crippen molar-refractivity contribution in [1.82, 2.24) is 0 Å². The second-order valence-electron chi connectivity index (χ2n) is 0. The molecule has 0 saturated heterocycles. The van der Waals surface area contributed by atoms with E-state index in [-0.39, 0.29) is 66.6 Å². The van der Waals surface area contributed by atoms with E-state index in [2.05, 4.69) is 0 Å². The van der Waals surface area contributed by atoms with E-state index in [1.54, 1.807) is 0 Å². The van der Waals surface area contributed by atoms with E-state index >= 15 is 0 Å². The van der Waals surface area contributed by atoms with E-state index < -0.39 is 0 Å². The average Bonchev–Trinajstić information content (AvgIpc) is 1.00. The van der Waals surface area contributed by atoms with Gasteiger partial charge in [0.1, 0.15) is 0 Å². The van der Waals surface area contributed by atoms with E-state index in [0.29, 0.717) is 24.7 Å². The Morgan fingerprint density at radius 2 is 1.50 bits per heavy atom. The summed E-state index contributed by atoms with van der Waals surface area (Å²) in [5.41, 5.74) is 0. The van der Waals surface area contributed by atoms with Crippen molar-refractivity contribution in [3.63, 3.8) is 0 Å². The predicted molar refractivity (Wildman–Crippen MR) is 1.80 cm³/mol. The predicted octanol–water partition coefficient (Wildman–Crippen LogP) is -3.00. The van der Waals surface area contributed by atoms with Crippen LogP contribution < -0.4 is 29.6 Å². The molecule has 4 heavy (non-hydrogen) atoms. The molecule has 0 aliphatic carbocycles. The van der Waals surface area contributed by atoms with Crippen LogP contribution in [0.3, 0.4) is 0 Å².